The lowest BCUT2D eigenvalue weighted by Gasteiger charge is -2.43. The van der Waals surface area contributed by atoms with E-state index in [1.165, 1.54) is 6.08 Å². The van der Waals surface area contributed by atoms with Crippen LogP contribution in [-0.4, -0.2) is 18.0 Å². The third-order valence-corrected chi connectivity index (χ3v) is 5.97. The van der Waals surface area contributed by atoms with Gasteiger partial charge in [0, 0.05) is 41.5 Å². The predicted octanol–water partition coefficient (Wildman–Crippen LogP) is 6.95. The van der Waals surface area contributed by atoms with Crippen LogP contribution in [0, 0.1) is 17.2 Å². The van der Waals surface area contributed by atoms with Crippen LogP contribution in [-0.2, 0) is 0 Å². The van der Waals surface area contributed by atoms with Crippen LogP contribution in [0.5, 0.6) is 0 Å². The Balaban J connectivity index is 1.65. The van der Waals surface area contributed by atoms with Crippen LogP contribution in [0.3, 0.4) is 0 Å². The summed E-state index contributed by atoms with van der Waals surface area (Å²) in [6.45, 7) is 1.06. The quantitative estimate of drug-likeness (QED) is 0.512. The fourth-order valence-electron chi connectivity index (χ4n) is 4.09. The molecule has 2 aromatic rings. The van der Waals surface area contributed by atoms with Gasteiger partial charge in [0.2, 0.25) is 0 Å². The van der Waals surface area contributed by atoms with Crippen LogP contribution in [0.2, 0.25) is 10.0 Å². The minimum Gasteiger partial charge on any atom is -0.284 e. The molecule has 2 aliphatic rings. The summed E-state index contributed by atoms with van der Waals surface area (Å²) in [5.74, 6) is -1.77. The molecule has 1 aliphatic heterocycles. The van der Waals surface area contributed by atoms with Gasteiger partial charge in [-0.05, 0) is 52.6 Å². The van der Waals surface area contributed by atoms with E-state index in [0.717, 1.165) is 22.8 Å². The number of allylic oxidation sites excluding steroid dienone is 5. The van der Waals surface area contributed by atoms with Gasteiger partial charge >= 0.3 is 0 Å². The molecule has 0 aromatic heterocycles. The number of hydrogen-bond donors (Lipinski definition) is 0. The number of likely N-dealkylation sites (tertiary alicyclic amines) is 1. The summed E-state index contributed by atoms with van der Waals surface area (Å²) < 4.78 is 28.2. The van der Waals surface area contributed by atoms with Crippen LogP contribution in [0.4, 0.5) is 8.78 Å². The monoisotopic (exact) mass is 442 g/mol. The standard InChI is InChI=1S/C24H18Cl2F2N2/c25-19-5-1-15(2-6-19)24(16-3-7-20(26)8-4-16)30-13-18(14-30)23-17(9-10-29)11-21(27)12-22(23)28/h1-8,11-12,17,24H,9,13-14H2. The molecule has 4 rings (SSSR count). The van der Waals surface area contributed by atoms with Gasteiger partial charge in [0.25, 0.3) is 0 Å². The lowest BCUT2D eigenvalue weighted by molar-refractivity contribution is 0.198. The van der Waals surface area contributed by atoms with E-state index in [9.17, 15) is 8.78 Å². The second-order valence-electron chi connectivity index (χ2n) is 7.44. The fourth-order valence-corrected chi connectivity index (χ4v) is 4.34. The third-order valence-electron chi connectivity index (χ3n) is 5.47. The van der Waals surface area contributed by atoms with Crippen LogP contribution in [0.25, 0.3) is 0 Å². The van der Waals surface area contributed by atoms with E-state index in [4.69, 9.17) is 28.5 Å². The minimum atomic E-state index is -0.631. The molecule has 1 atom stereocenters. The molecule has 6 heteroatoms. The Morgan fingerprint density at radius 2 is 1.50 bits per heavy atom. The van der Waals surface area contributed by atoms with Gasteiger partial charge in [-0.15, -0.1) is 0 Å². The molecule has 1 aliphatic carbocycles. The second-order valence-corrected chi connectivity index (χ2v) is 8.31. The van der Waals surface area contributed by atoms with Gasteiger partial charge in [-0.1, -0.05) is 47.5 Å². The zero-order valence-electron chi connectivity index (χ0n) is 16.0. The van der Waals surface area contributed by atoms with Gasteiger partial charge < -0.3 is 0 Å². The Morgan fingerprint density at radius 3 is 2.00 bits per heavy atom. The molecular formula is C24H18Cl2F2N2. The highest BCUT2D eigenvalue weighted by molar-refractivity contribution is 6.30. The number of benzene rings is 2. The largest absolute Gasteiger partial charge is 0.284 e. The molecule has 1 heterocycles. The van der Waals surface area contributed by atoms with Crippen LogP contribution < -0.4 is 0 Å². The Labute approximate surface area is 184 Å². The van der Waals surface area contributed by atoms with Crippen molar-refractivity contribution in [3.63, 3.8) is 0 Å². The fraction of sp³-hybridized carbons (Fsp3) is 0.208. The smallest absolute Gasteiger partial charge is 0.129 e. The topological polar surface area (TPSA) is 27.0 Å². The first-order chi connectivity index (χ1) is 14.5. The van der Waals surface area contributed by atoms with E-state index >= 15 is 0 Å². The molecule has 0 N–H and O–H groups in total. The maximum absolute atomic E-state index is 14.6. The summed E-state index contributed by atoms with van der Waals surface area (Å²) in [5, 5.41) is 10.4. The first-order valence-corrected chi connectivity index (χ1v) is 10.3. The molecule has 2 nitrogen and oxygen atoms in total. The Morgan fingerprint density at radius 1 is 0.967 bits per heavy atom. The van der Waals surface area contributed by atoms with Gasteiger partial charge in [0.1, 0.15) is 11.7 Å². The van der Waals surface area contributed by atoms with Crippen molar-refractivity contribution < 1.29 is 8.78 Å². The highest BCUT2D eigenvalue weighted by Crippen LogP contribution is 2.41. The van der Waals surface area contributed by atoms with Gasteiger partial charge in [-0.25, -0.2) is 8.78 Å². The van der Waals surface area contributed by atoms with E-state index in [1.54, 1.807) is 0 Å². The highest BCUT2D eigenvalue weighted by Gasteiger charge is 2.35. The number of hydrogen-bond acceptors (Lipinski definition) is 2. The molecule has 152 valence electrons. The Hall–Kier alpha value is -2.45. The Bertz CT molecular complexity index is 1030. The van der Waals surface area contributed by atoms with Gasteiger partial charge in [0.05, 0.1) is 12.1 Å². The van der Waals surface area contributed by atoms with Gasteiger partial charge in [0.15, 0.2) is 0 Å². The third kappa shape index (κ3) is 4.20. The molecule has 1 fully saturated rings. The highest BCUT2D eigenvalue weighted by atomic mass is 35.5. The molecule has 2 aromatic carbocycles. The number of rotatable bonds is 4. The van der Waals surface area contributed by atoms with Crippen molar-refractivity contribution in [3.05, 3.63) is 105 Å². The summed E-state index contributed by atoms with van der Waals surface area (Å²) >= 11 is 12.1. The Kier molecular flexibility index (Phi) is 6.06. The van der Waals surface area contributed by atoms with Crippen molar-refractivity contribution in [2.75, 3.05) is 13.1 Å². The first kappa shape index (κ1) is 20.8. The summed E-state index contributed by atoms with van der Waals surface area (Å²) in [4.78, 5) is 2.21. The van der Waals surface area contributed by atoms with Crippen molar-refractivity contribution in [2.24, 2.45) is 5.92 Å². The zero-order chi connectivity index (χ0) is 21.3. The van der Waals surface area contributed by atoms with E-state index in [1.807, 2.05) is 54.6 Å². The second kappa shape index (κ2) is 8.73. The van der Waals surface area contributed by atoms with Crippen LogP contribution in [0.15, 0.2) is 83.5 Å². The summed E-state index contributed by atoms with van der Waals surface area (Å²) in [5.41, 5.74) is 3.45. The molecule has 1 unspecified atom stereocenters. The number of nitrogens with zero attached hydrogens (tertiary/aromatic N) is 2. The van der Waals surface area contributed by atoms with Crippen molar-refractivity contribution in [3.8, 4) is 6.07 Å². The average molecular weight is 443 g/mol. The average Bonchev–Trinajstić information content (AvgIpc) is 2.68. The van der Waals surface area contributed by atoms with E-state index in [2.05, 4.69) is 4.90 Å². The molecule has 0 saturated carbocycles. The first-order valence-electron chi connectivity index (χ1n) is 9.55. The molecule has 0 spiro atoms. The molecule has 0 amide bonds. The molecule has 30 heavy (non-hydrogen) atoms. The van der Waals surface area contributed by atoms with Crippen molar-refractivity contribution in [1.82, 2.24) is 4.90 Å². The SMILES string of the molecule is N#CCC1C=C(F)C=C(F)C1=C1CN(C(c2ccc(Cl)cc2)c2ccc(Cl)cc2)C1. The van der Waals surface area contributed by atoms with E-state index in [-0.39, 0.29) is 12.5 Å². The lowest BCUT2D eigenvalue weighted by atomic mass is 9.83. The number of nitriles is 1. The van der Waals surface area contributed by atoms with Gasteiger partial charge in [-0.2, -0.15) is 5.26 Å². The van der Waals surface area contributed by atoms with E-state index < -0.39 is 17.6 Å². The van der Waals surface area contributed by atoms with Crippen LogP contribution in [0.1, 0.15) is 23.6 Å². The van der Waals surface area contributed by atoms with Crippen LogP contribution >= 0.6 is 23.2 Å². The van der Waals surface area contributed by atoms with Gasteiger partial charge in [-0.3, -0.25) is 4.90 Å². The minimum absolute atomic E-state index is 0.0469. The predicted molar refractivity (Wildman–Crippen MR) is 115 cm³/mol. The summed E-state index contributed by atoms with van der Waals surface area (Å²) in [7, 11) is 0. The van der Waals surface area contributed by atoms with Crippen molar-refractivity contribution in [1.29, 1.82) is 5.26 Å². The number of halogens is 4. The molecule has 1 saturated heterocycles. The summed E-state index contributed by atoms with van der Waals surface area (Å²) in [6, 6.07) is 17.3. The zero-order valence-corrected chi connectivity index (χ0v) is 17.5. The maximum atomic E-state index is 14.6. The van der Waals surface area contributed by atoms with E-state index in [0.29, 0.717) is 28.7 Å². The molecular weight excluding hydrogens is 425 g/mol. The maximum Gasteiger partial charge on any atom is 0.129 e. The molecule has 0 bridgehead atoms. The van der Waals surface area contributed by atoms with Crippen molar-refractivity contribution in [2.45, 2.75) is 12.5 Å². The molecule has 0 radical (unpaired) electrons. The lowest BCUT2D eigenvalue weighted by Crippen LogP contribution is -2.44. The van der Waals surface area contributed by atoms with Crippen molar-refractivity contribution >= 4 is 23.2 Å². The normalized spacial score (nSPS) is 19.3. The summed E-state index contributed by atoms with van der Waals surface area (Å²) in [6.07, 6.45) is 2.27.